The molecule has 1 aromatic heterocycles. The molecule has 4 aliphatic carbocycles. The summed E-state index contributed by atoms with van der Waals surface area (Å²) in [4.78, 5) is 16.0. The quantitative estimate of drug-likeness (QED) is 0.208. The molecule has 5 rings (SSSR count). The molecule has 4 saturated carbocycles. The lowest BCUT2D eigenvalue weighted by Gasteiger charge is -2.62. The van der Waals surface area contributed by atoms with Gasteiger partial charge in [0.1, 0.15) is 0 Å². The van der Waals surface area contributed by atoms with E-state index in [4.69, 9.17) is 4.74 Å². The Morgan fingerprint density at radius 3 is 2.66 bits per heavy atom. The van der Waals surface area contributed by atoms with Crippen molar-refractivity contribution in [1.82, 2.24) is 15.6 Å². The maximum Gasteiger partial charge on any atom is 0.305 e. The van der Waals surface area contributed by atoms with E-state index in [9.17, 15) is 9.90 Å². The number of nitrogens with one attached hydrogen (secondary N) is 2. The van der Waals surface area contributed by atoms with Gasteiger partial charge in [-0.1, -0.05) is 26.8 Å². The van der Waals surface area contributed by atoms with Crippen molar-refractivity contribution in [2.75, 3.05) is 20.2 Å². The minimum Gasteiger partial charge on any atom is -0.469 e. The Kier molecular flexibility index (Phi) is 10.1. The third kappa shape index (κ3) is 6.55. The number of rotatable bonds is 12. The summed E-state index contributed by atoms with van der Waals surface area (Å²) in [6, 6.07) is 4.71. The highest BCUT2D eigenvalue weighted by atomic mass is 16.5. The van der Waals surface area contributed by atoms with Gasteiger partial charge >= 0.3 is 5.97 Å². The van der Waals surface area contributed by atoms with E-state index in [0.29, 0.717) is 58.8 Å². The third-order valence-corrected chi connectivity index (χ3v) is 12.7. The van der Waals surface area contributed by atoms with Gasteiger partial charge in [0.05, 0.1) is 13.2 Å². The standard InChI is InChI=1S/C35H57N3O3/c1-24(9-12-32(40)41-4)28-10-11-29-33-30(14-16-35(28,29)3)34(2)15-13-27(20-26(34)21-31(33)39)38-19-6-5-17-36-22-25-8-7-18-37-23-25/h7-8,18,23-24,26-31,33,36,38-39H,5-6,9-17,19-22H2,1-4H3/t24-,26-,27+,28-,29+,30+,31-,33+,34+,35-/m1/s1. The van der Waals surface area contributed by atoms with Crippen LogP contribution in [0.5, 0.6) is 0 Å². The predicted octanol–water partition coefficient (Wildman–Crippen LogP) is 6.13. The monoisotopic (exact) mass is 567 g/mol. The number of nitrogens with zero attached hydrogens (tertiary/aromatic N) is 1. The average molecular weight is 568 g/mol. The molecule has 6 nitrogen and oxygen atoms in total. The molecule has 0 radical (unpaired) electrons. The van der Waals surface area contributed by atoms with Crippen molar-refractivity contribution in [2.24, 2.45) is 46.3 Å². The Bertz CT molecular complexity index is 990. The van der Waals surface area contributed by atoms with Crippen molar-refractivity contribution in [3.63, 3.8) is 0 Å². The maximum atomic E-state index is 11.8. The van der Waals surface area contributed by atoms with Crippen LogP contribution in [0.4, 0.5) is 0 Å². The average Bonchev–Trinajstić information content (AvgIpc) is 3.33. The summed E-state index contributed by atoms with van der Waals surface area (Å²) in [5.41, 5.74) is 1.91. The van der Waals surface area contributed by atoms with E-state index < -0.39 is 0 Å². The van der Waals surface area contributed by atoms with Gasteiger partial charge < -0.3 is 20.5 Å². The number of aliphatic hydroxyl groups is 1. The number of ether oxygens (including phenoxy) is 1. The van der Waals surface area contributed by atoms with Gasteiger partial charge in [0, 0.05) is 31.4 Å². The largest absolute Gasteiger partial charge is 0.469 e. The van der Waals surface area contributed by atoms with Gasteiger partial charge in [0.25, 0.3) is 0 Å². The number of pyridine rings is 1. The number of methoxy groups -OCH3 is 1. The molecular weight excluding hydrogens is 510 g/mol. The van der Waals surface area contributed by atoms with Gasteiger partial charge in [-0.25, -0.2) is 0 Å². The molecule has 4 fully saturated rings. The molecule has 0 spiro atoms. The summed E-state index contributed by atoms with van der Waals surface area (Å²) >= 11 is 0. The zero-order chi connectivity index (χ0) is 29.0. The summed E-state index contributed by atoms with van der Waals surface area (Å²) in [6.45, 7) is 10.5. The Labute approximate surface area is 249 Å². The van der Waals surface area contributed by atoms with E-state index in [0.717, 1.165) is 32.5 Å². The van der Waals surface area contributed by atoms with Crippen LogP contribution >= 0.6 is 0 Å². The topological polar surface area (TPSA) is 83.5 Å². The van der Waals surface area contributed by atoms with E-state index >= 15 is 0 Å². The lowest BCUT2D eigenvalue weighted by atomic mass is 9.43. The smallest absolute Gasteiger partial charge is 0.305 e. The molecule has 6 heteroatoms. The van der Waals surface area contributed by atoms with E-state index in [1.807, 2.05) is 18.5 Å². The van der Waals surface area contributed by atoms with Crippen molar-refractivity contribution < 1.29 is 14.6 Å². The van der Waals surface area contributed by atoms with Crippen molar-refractivity contribution >= 4 is 5.97 Å². The third-order valence-electron chi connectivity index (χ3n) is 12.7. The molecule has 3 N–H and O–H groups in total. The van der Waals surface area contributed by atoms with E-state index in [2.05, 4.69) is 42.5 Å². The van der Waals surface area contributed by atoms with Crippen LogP contribution in [0.1, 0.15) is 103 Å². The van der Waals surface area contributed by atoms with Crippen LogP contribution in [0.15, 0.2) is 24.5 Å². The second-order valence-corrected chi connectivity index (χ2v) is 14.8. The lowest BCUT2D eigenvalue weighted by molar-refractivity contribution is -0.167. The Balaban J connectivity index is 1.10. The number of hydrogen-bond acceptors (Lipinski definition) is 6. The molecule has 41 heavy (non-hydrogen) atoms. The highest BCUT2D eigenvalue weighted by Crippen LogP contribution is 2.68. The van der Waals surface area contributed by atoms with Crippen LogP contribution in [-0.4, -0.2) is 48.4 Å². The molecular formula is C35H57N3O3. The van der Waals surface area contributed by atoms with E-state index in [1.165, 1.54) is 70.5 Å². The Hall–Kier alpha value is -1.50. The summed E-state index contributed by atoms with van der Waals surface area (Å²) in [5, 5.41) is 19.2. The first kappa shape index (κ1) is 30.9. The fourth-order valence-corrected chi connectivity index (χ4v) is 10.4. The first-order valence-corrected chi connectivity index (χ1v) is 16.8. The molecule has 0 aliphatic heterocycles. The molecule has 4 aliphatic rings. The van der Waals surface area contributed by atoms with E-state index in [1.54, 1.807) is 0 Å². The molecule has 1 aromatic rings. The highest BCUT2D eigenvalue weighted by Gasteiger charge is 2.62. The molecule has 0 amide bonds. The number of unbranched alkanes of at least 4 members (excludes halogenated alkanes) is 1. The second kappa shape index (κ2) is 13.4. The molecule has 0 unspecified atom stereocenters. The predicted molar refractivity (Wildman–Crippen MR) is 164 cm³/mol. The minimum absolute atomic E-state index is 0.0826. The summed E-state index contributed by atoms with van der Waals surface area (Å²) in [5.74, 6) is 3.47. The van der Waals surface area contributed by atoms with Crippen LogP contribution < -0.4 is 10.6 Å². The molecule has 1 heterocycles. The first-order chi connectivity index (χ1) is 19.8. The number of esters is 1. The molecule has 0 bridgehead atoms. The van der Waals surface area contributed by atoms with Gasteiger partial charge in [-0.05, 0) is 142 Å². The SMILES string of the molecule is COC(=O)CC[C@@H](C)[C@H]1CC[C@H]2[C@@H]3[C@H](O)C[C@H]4C[C@@H](NCCCCNCc5cccnc5)CC[C@]4(C)[C@H]3CC[C@]12C. The normalized spacial score (nSPS) is 38.9. The number of aromatic nitrogens is 1. The van der Waals surface area contributed by atoms with Gasteiger partial charge in [0.2, 0.25) is 0 Å². The first-order valence-electron chi connectivity index (χ1n) is 16.8. The lowest BCUT2D eigenvalue weighted by Crippen LogP contribution is -2.59. The fraction of sp³-hybridized carbons (Fsp3) is 0.829. The zero-order valence-corrected chi connectivity index (χ0v) is 26.2. The molecule has 0 aromatic carbocycles. The second-order valence-electron chi connectivity index (χ2n) is 14.8. The summed E-state index contributed by atoms with van der Waals surface area (Å²) in [6.07, 6.45) is 17.3. The van der Waals surface area contributed by atoms with Crippen LogP contribution in [0, 0.1) is 46.3 Å². The van der Waals surface area contributed by atoms with Gasteiger partial charge in [0.15, 0.2) is 0 Å². The van der Waals surface area contributed by atoms with Crippen molar-refractivity contribution in [1.29, 1.82) is 0 Å². The van der Waals surface area contributed by atoms with Crippen molar-refractivity contribution in [3.05, 3.63) is 30.1 Å². The number of hydrogen-bond donors (Lipinski definition) is 3. The summed E-state index contributed by atoms with van der Waals surface area (Å²) < 4.78 is 4.92. The van der Waals surface area contributed by atoms with Crippen molar-refractivity contribution in [2.45, 2.75) is 117 Å². The number of aliphatic hydroxyl groups excluding tert-OH is 1. The van der Waals surface area contributed by atoms with Gasteiger partial charge in [-0.2, -0.15) is 0 Å². The van der Waals surface area contributed by atoms with Crippen LogP contribution in [-0.2, 0) is 16.1 Å². The van der Waals surface area contributed by atoms with Crippen LogP contribution in [0.25, 0.3) is 0 Å². The highest BCUT2D eigenvalue weighted by molar-refractivity contribution is 5.69. The van der Waals surface area contributed by atoms with Gasteiger partial charge in [-0.3, -0.25) is 9.78 Å². The molecule has 0 saturated heterocycles. The number of carbonyl (C=O) groups is 1. The molecule has 230 valence electrons. The summed E-state index contributed by atoms with van der Waals surface area (Å²) in [7, 11) is 1.49. The van der Waals surface area contributed by atoms with Crippen LogP contribution in [0.2, 0.25) is 0 Å². The minimum atomic E-state index is -0.156. The zero-order valence-electron chi connectivity index (χ0n) is 26.2. The van der Waals surface area contributed by atoms with E-state index in [-0.39, 0.29) is 12.1 Å². The number of fused-ring (bicyclic) bond motifs is 5. The number of carbonyl (C=O) groups excluding carboxylic acids is 1. The Morgan fingerprint density at radius 2 is 1.88 bits per heavy atom. The van der Waals surface area contributed by atoms with Gasteiger partial charge in [-0.15, -0.1) is 0 Å². The fourth-order valence-electron chi connectivity index (χ4n) is 10.4. The maximum absolute atomic E-state index is 11.8. The molecule has 10 atom stereocenters. The van der Waals surface area contributed by atoms with Crippen LogP contribution in [0.3, 0.4) is 0 Å². The van der Waals surface area contributed by atoms with Crippen molar-refractivity contribution in [3.8, 4) is 0 Å². The Morgan fingerprint density at radius 1 is 1.10 bits per heavy atom.